The minimum absolute atomic E-state index is 0.242. The van der Waals surface area contributed by atoms with Crippen LogP contribution >= 0.6 is 0 Å². The van der Waals surface area contributed by atoms with Gasteiger partial charge in [0.1, 0.15) is 5.82 Å². The van der Waals surface area contributed by atoms with E-state index in [-0.39, 0.29) is 5.82 Å². The number of H-pyrrole nitrogens is 2. The summed E-state index contributed by atoms with van der Waals surface area (Å²) in [6, 6.07) is 17.0. The number of aromatic amines is 2. The fourth-order valence-corrected chi connectivity index (χ4v) is 5.78. The molecule has 0 spiro atoms. The van der Waals surface area contributed by atoms with Gasteiger partial charge in [0.15, 0.2) is 5.65 Å². The largest absolute Gasteiger partial charge is 0.353 e. The van der Waals surface area contributed by atoms with Crippen molar-refractivity contribution < 1.29 is 4.39 Å². The number of nitrogens with one attached hydrogen (secondary N) is 3. The summed E-state index contributed by atoms with van der Waals surface area (Å²) >= 11 is 0. The van der Waals surface area contributed by atoms with Crippen LogP contribution in [0.4, 0.5) is 4.39 Å². The highest BCUT2D eigenvalue weighted by atomic mass is 19.1. The molecule has 0 bridgehead atoms. The van der Waals surface area contributed by atoms with E-state index >= 15 is 0 Å². The molecule has 0 saturated heterocycles. The van der Waals surface area contributed by atoms with Gasteiger partial charge in [-0.1, -0.05) is 61.9 Å². The Morgan fingerprint density at radius 3 is 2.70 bits per heavy atom. The molecule has 3 aromatic heterocycles. The lowest BCUT2D eigenvalue weighted by molar-refractivity contribution is 0.503. The van der Waals surface area contributed by atoms with Gasteiger partial charge in [-0.2, -0.15) is 5.10 Å². The van der Waals surface area contributed by atoms with Crippen LogP contribution < -0.4 is 5.32 Å². The van der Waals surface area contributed by atoms with Crippen molar-refractivity contribution in [3.05, 3.63) is 103 Å². The lowest BCUT2D eigenvalue weighted by Crippen LogP contribution is -2.23. The predicted molar refractivity (Wildman–Crippen MR) is 163 cm³/mol. The van der Waals surface area contributed by atoms with E-state index in [0.29, 0.717) is 5.65 Å². The van der Waals surface area contributed by atoms with Gasteiger partial charge in [-0.25, -0.2) is 9.37 Å². The summed E-state index contributed by atoms with van der Waals surface area (Å²) in [5, 5.41) is 13.3. The van der Waals surface area contributed by atoms with Crippen LogP contribution in [0.5, 0.6) is 0 Å². The smallest absolute Gasteiger partial charge is 0.181 e. The van der Waals surface area contributed by atoms with Crippen LogP contribution in [-0.2, 0) is 0 Å². The maximum absolute atomic E-state index is 13.5. The molecule has 40 heavy (non-hydrogen) atoms. The van der Waals surface area contributed by atoms with Crippen LogP contribution in [0.25, 0.3) is 50.0 Å². The van der Waals surface area contributed by atoms with Gasteiger partial charge < -0.3 is 10.3 Å². The Morgan fingerprint density at radius 1 is 1.10 bits per heavy atom. The number of halogens is 1. The molecule has 1 aliphatic rings. The summed E-state index contributed by atoms with van der Waals surface area (Å²) < 4.78 is 13.5. The maximum atomic E-state index is 13.5. The molecule has 1 fully saturated rings. The molecule has 0 radical (unpaired) electrons. The lowest BCUT2D eigenvalue weighted by Gasteiger charge is -2.12. The first-order valence-corrected chi connectivity index (χ1v) is 14.1. The maximum Gasteiger partial charge on any atom is 0.181 e. The molecule has 0 unspecified atom stereocenters. The van der Waals surface area contributed by atoms with Crippen LogP contribution in [0.1, 0.15) is 38.2 Å². The number of aromatic nitrogens is 4. The zero-order chi connectivity index (χ0) is 27.5. The average molecular weight is 532 g/mol. The van der Waals surface area contributed by atoms with Crippen LogP contribution in [0.15, 0.2) is 91.2 Å². The van der Waals surface area contributed by atoms with E-state index in [0.717, 1.165) is 74.5 Å². The van der Waals surface area contributed by atoms with Crippen LogP contribution in [0.3, 0.4) is 0 Å². The zero-order valence-corrected chi connectivity index (χ0v) is 22.8. The lowest BCUT2D eigenvalue weighted by atomic mass is 10.0. The van der Waals surface area contributed by atoms with Crippen molar-refractivity contribution in [2.45, 2.75) is 32.6 Å². The van der Waals surface area contributed by atoms with E-state index in [4.69, 9.17) is 0 Å². The first-order chi connectivity index (χ1) is 19.6. The Morgan fingerprint density at radius 2 is 1.93 bits per heavy atom. The second kappa shape index (κ2) is 11.4. The van der Waals surface area contributed by atoms with Gasteiger partial charge in [-0.3, -0.25) is 5.10 Å². The summed E-state index contributed by atoms with van der Waals surface area (Å²) in [7, 11) is 0. The van der Waals surface area contributed by atoms with Crippen molar-refractivity contribution in [3.63, 3.8) is 0 Å². The molecule has 6 heteroatoms. The van der Waals surface area contributed by atoms with Gasteiger partial charge in [-0.05, 0) is 84.8 Å². The van der Waals surface area contributed by atoms with E-state index in [1.54, 1.807) is 0 Å². The molecule has 3 N–H and O–H groups in total. The molecule has 1 aliphatic carbocycles. The monoisotopic (exact) mass is 531 g/mol. The van der Waals surface area contributed by atoms with Crippen molar-refractivity contribution in [3.8, 4) is 22.5 Å². The van der Waals surface area contributed by atoms with Crippen molar-refractivity contribution in [2.24, 2.45) is 5.92 Å². The van der Waals surface area contributed by atoms with Gasteiger partial charge in [0.05, 0.1) is 11.4 Å². The van der Waals surface area contributed by atoms with Crippen LogP contribution in [0, 0.1) is 11.7 Å². The molecule has 5 aromatic rings. The van der Waals surface area contributed by atoms with Gasteiger partial charge in [0.25, 0.3) is 0 Å². The summed E-state index contributed by atoms with van der Waals surface area (Å²) in [6.45, 7) is 7.97. The molecular weight excluding hydrogens is 497 g/mol. The van der Waals surface area contributed by atoms with Crippen molar-refractivity contribution >= 4 is 27.5 Å². The first kappa shape index (κ1) is 26.0. The minimum atomic E-state index is -0.242. The van der Waals surface area contributed by atoms with Crippen molar-refractivity contribution in [1.82, 2.24) is 25.5 Å². The summed E-state index contributed by atoms with van der Waals surface area (Å²) in [4.78, 5) is 8.21. The number of hydrogen-bond donors (Lipinski definition) is 3. The minimum Gasteiger partial charge on any atom is -0.353 e. The van der Waals surface area contributed by atoms with E-state index < -0.39 is 0 Å². The number of allylic oxidation sites excluding steroid dienone is 3. The third-order valence-electron chi connectivity index (χ3n) is 7.98. The molecule has 3 heterocycles. The van der Waals surface area contributed by atoms with E-state index in [1.807, 2.05) is 43.5 Å². The van der Waals surface area contributed by atoms with Gasteiger partial charge >= 0.3 is 0 Å². The third-order valence-corrected chi connectivity index (χ3v) is 7.98. The number of fused-ring (bicyclic) bond motifs is 2. The highest BCUT2D eigenvalue weighted by Crippen LogP contribution is 2.34. The summed E-state index contributed by atoms with van der Waals surface area (Å²) in [6.07, 6.45) is 13.5. The van der Waals surface area contributed by atoms with E-state index in [9.17, 15) is 4.39 Å². The highest BCUT2D eigenvalue weighted by Gasteiger charge is 2.16. The summed E-state index contributed by atoms with van der Waals surface area (Å²) in [5.74, 6) is 0.559. The van der Waals surface area contributed by atoms with Gasteiger partial charge in [-0.15, -0.1) is 0 Å². The number of rotatable bonds is 9. The van der Waals surface area contributed by atoms with Crippen LogP contribution in [0.2, 0.25) is 0 Å². The average Bonchev–Trinajstić information content (AvgIpc) is 3.74. The van der Waals surface area contributed by atoms with Crippen LogP contribution in [-0.4, -0.2) is 33.3 Å². The summed E-state index contributed by atoms with van der Waals surface area (Å²) in [5.41, 5.74) is 8.75. The standard InChI is InChI=1S/C34H34FN5/c1-3-22(19-36-20-23-8-5-6-9-23)16-24(4-2)26-17-30-33(39-40-34(30)37-21-26)32-18-29-28(10-7-11-31(29)38-32)25-12-14-27(35)15-13-25/h3-4,7,10-18,21,23,36,38H,1,5-6,8-9,19-20H2,2H3,(H,37,39,40)/b22-16+,24-4+. The SMILES string of the molecule is C=C/C(=C\C(=C/C)c1cnc2n[nH]c(-c3cc4c(-c5ccc(F)cc5)cccc4[nH]3)c2c1)CNCC1CCCC1. The Balaban J connectivity index is 1.30. The predicted octanol–water partition coefficient (Wildman–Crippen LogP) is 8.21. The zero-order valence-electron chi connectivity index (χ0n) is 22.8. The van der Waals surface area contributed by atoms with E-state index in [2.05, 4.69) is 62.4 Å². The Bertz CT molecular complexity index is 1710. The Labute approximate surface area is 233 Å². The van der Waals surface area contributed by atoms with Crippen molar-refractivity contribution in [1.29, 1.82) is 0 Å². The normalized spacial score (nSPS) is 14.9. The highest BCUT2D eigenvalue weighted by molar-refractivity contribution is 6.01. The molecule has 0 aliphatic heterocycles. The molecule has 2 aromatic carbocycles. The third kappa shape index (κ3) is 5.27. The molecule has 0 amide bonds. The number of pyridine rings is 1. The topological polar surface area (TPSA) is 69.4 Å². The van der Waals surface area contributed by atoms with E-state index in [1.165, 1.54) is 37.8 Å². The molecule has 1 saturated carbocycles. The molecule has 202 valence electrons. The number of benzene rings is 2. The fourth-order valence-electron chi connectivity index (χ4n) is 5.78. The molecular formula is C34H34FN5. The second-order valence-corrected chi connectivity index (χ2v) is 10.6. The van der Waals surface area contributed by atoms with Gasteiger partial charge in [0.2, 0.25) is 0 Å². The second-order valence-electron chi connectivity index (χ2n) is 10.6. The molecule has 6 rings (SSSR count). The number of hydrogen-bond acceptors (Lipinski definition) is 3. The Kier molecular flexibility index (Phi) is 7.43. The van der Waals surface area contributed by atoms with Crippen molar-refractivity contribution in [2.75, 3.05) is 13.1 Å². The first-order valence-electron chi connectivity index (χ1n) is 14.1. The van der Waals surface area contributed by atoms with Gasteiger partial charge in [0, 0.05) is 34.6 Å². The Hall–Kier alpha value is -4.29. The number of nitrogens with zero attached hydrogens (tertiary/aromatic N) is 2. The molecule has 5 nitrogen and oxygen atoms in total. The quantitative estimate of drug-likeness (QED) is 0.168. The molecule has 0 atom stereocenters. The fraction of sp³-hybridized carbons (Fsp3) is 0.235.